The van der Waals surface area contributed by atoms with Crippen molar-refractivity contribution in [2.75, 3.05) is 22.1 Å². The minimum absolute atomic E-state index is 0.000892. The second-order valence-corrected chi connectivity index (χ2v) is 10.2. The second kappa shape index (κ2) is 11.5. The van der Waals surface area contributed by atoms with E-state index in [9.17, 15) is 19.1 Å². The van der Waals surface area contributed by atoms with Crippen LogP contribution in [0, 0.1) is 18.7 Å². The lowest BCUT2D eigenvalue weighted by Gasteiger charge is -2.34. The van der Waals surface area contributed by atoms with Crippen LogP contribution in [0.2, 0.25) is 0 Å². The van der Waals surface area contributed by atoms with Crippen molar-refractivity contribution in [2.45, 2.75) is 52.5 Å². The Balaban J connectivity index is 1.76. The van der Waals surface area contributed by atoms with Gasteiger partial charge in [0.2, 0.25) is 0 Å². The van der Waals surface area contributed by atoms with Gasteiger partial charge in [-0.3, -0.25) is 0 Å². The highest BCUT2D eigenvalue weighted by Gasteiger charge is 2.26. The molecule has 1 aliphatic rings. The van der Waals surface area contributed by atoms with Crippen LogP contribution in [0.4, 0.5) is 26.2 Å². The van der Waals surface area contributed by atoms with Crippen molar-refractivity contribution in [1.29, 1.82) is 0 Å². The maximum atomic E-state index is 14.2. The van der Waals surface area contributed by atoms with Crippen molar-refractivity contribution in [3.05, 3.63) is 77.6 Å². The minimum atomic E-state index is -1.14. The zero-order valence-corrected chi connectivity index (χ0v) is 21.6. The van der Waals surface area contributed by atoms with Gasteiger partial charge in [-0.15, -0.1) is 0 Å². The smallest absolute Gasteiger partial charge is 0.336 e. The number of carbonyl (C=O) groups is 2. The van der Waals surface area contributed by atoms with E-state index in [2.05, 4.69) is 29.4 Å². The van der Waals surface area contributed by atoms with E-state index in [1.54, 1.807) is 6.07 Å². The first-order chi connectivity index (χ1) is 17.7. The van der Waals surface area contributed by atoms with Crippen LogP contribution in [0.3, 0.4) is 0 Å². The lowest BCUT2D eigenvalue weighted by Crippen LogP contribution is -2.37. The van der Waals surface area contributed by atoms with E-state index in [4.69, 9.17) is 0 Å². The fraction of sp³-hybridized carbons (Fsp3) is 0.333. The number of carbonyl (C=O) groups excluding carboxylic acids is 1. The summed E-state index contributed by atoms with van der Waals surface area (Å²) < 4.78 is 14.2. The molecule has 0 heterocycles. The van der Waals surface area contributed by atoms with Crippen molar-refractivity contribution in [3.63, 3.8) is 0 Å². The van der Waals surface area contributed by atoms with Crippen molar-refractivity contribution in [1.82, 2.24) is 0 Å². The third-order valence-corrected chi connectivity index (χ3v) is 6.71. The fourth-order valence-electron chi connectivity index (χ4n) is 4.97. The summed E-state index contributed by atoms with van der Waals surface area (Å²) in [5.41, 5.74) is 3.95. The summed E-state index contributed by atoms with van der Waals surface area (Å²) in [5, 5.41) is 15.6. The van der Waals surface area contributed by atoms with Crippen LogP contribution < -0.4 is 15.5 Å². The molecular weight excluding hydrogens is 469 g/mol. The molecule has 3 aromatic carbocycles. The number of nitrogens with zero attached hydrogens (tertiary/aromatic N) is 1. The molecule has 0 aromatic heterocycles. The van der Waals surface area contributed by atoms with Crippen LogP contribution in [0.25, 0.3) is 11.1 Å². The Morgan fingerprint density at radius 2 is 1.70 bits per heavy atom. The monoisotopic (exact) mass is 503 g/mol. The van der Waals surface area contributed by atoms with Gasteiger partial charge in [-0.1, -0.05) is 50.5 Å². The van der Waals surface area contributed by atoms with Crippen LogP contribution in [-0.2, 0) is 0 Å². The number of amides is 2. The van der Waals surface area contributed by atoms with E-state index in [1.165, 1.54) is 25.0 Å². The molecule has 0 spiro atoms. The predicted molar refractivity (Wildman–Crippen MR) is 147 cm³/mol. The minimum Gasteiger partial charge on any atom is -0.478 e. The highest BCUT2D eigenvalue weighted by Crippen LogP contribution is 2.37. The Labute approximate surface area is 217 Å². The summed E-state index contributed by atoms with van der Waals surface area (Å²) in [6.07, 6.45) is 4.49. The van der Waals surface area contributed by atoms with Crippen LogP contribution in [-0.4, -0.2) is 29.7 Å². The number of aromatic carboxylic acids is 1. The number of carboxylic acid groups (broad SMARTS) is 1. The number of carboxylic acids is 1. The fourth-order valence-corrected chi connectivity index (χ4v) is 4.97. The Hall–Kier alpha value is -3.87. The molecule has 0 aliphatic heterocycles. The number of hydrogen-bond donors (Lipinski definition) is 3. The summed E-state index contributed by atoms with van der Waals surface area (Å²) in [6, 6.07) is 16.5. The second-order valence-electron chi connectivity index (χ2n) is 10.2. The van der Waals surface area contributed by atoms with Gasteiger partial charge in [0.1, 0.15) is 5.82 Å². The van der Waals surface area contributed by atoms with Crippen molar-refractivity contribution >= 4 is 29.1 Å². The molecule has 0 bridgehead atoms. The normalized spacial score (nSPS) is 13.5. The molecule has 1 saturated carbocycles. The van der Waals surface area contributed by atoms with E-state index in [-0.39, 0.29) is 11.1 Å². The standard InChI is InChI=1S/C30H34FN3O3/c1-19(2)18-34(24-6-4-5-7-24)28-15-10-21(26-17-22(31)11-14-25(26)29(35)36)16-27(28)33-30(37)32-23-12-8-20(3)9-13-23/h8-17,19,24H,4-7,18H2,1-3H3,(H,35,36)(H2,32,33,37). The molecule has 0 saturated heterocycles. The highest BCUT2D eigenvalue weighted by atomic mass is 19.1. The lowest BCUT2D eigenvalue weighted by atomic mass is 9.97. The van der Waals surface area contributed by atoms with Gasteiger partial charge in [-0.2, -0.15) is 0 Å². The van der Waals surface area contributed by atoms with E-state index < -0.39 is 17.8 Å². The number of halogens is 1. The SMILES string of the molecule is Cc1ccc(NC(=O)Nc2cc(-c3cc(F)ccc3C(=O)O)ccc2N(CC(C)C)C2CCCC2)cc1. The number of urea groups is 1. The molecule has 6 nitrogen and oxygen atoms in total. The van der Waals surface area contributed by atoms with Gasteiger partial charge in [0.05, 0.1) is 16.9 Å². The largest absolute Gasteiger partial charge is 0.478 e. The van der Waals surface area contributed by atoms with Crippen molar-refractivity contribution in [2.24, 2.45) is 5.92 Å². The molecule has 1 aliphatic carbocycles. The summed E-state index contributed by atoms with van der Waals surface area (Å²) in [6.45, 7) is 7.13. The molecule has 0 unspecified atom stereocenters. The Morgan fingerprint density at radius 1 is 1.00 bits per heavy atom. The quantitative estimate of drug-likeness (QED) is 0.296. The molecular formula is C30H34FN3O3. The first-order valence-electron chi connectivity index (χ1n) is 12.8. The van der Waals surface area contributed by atoms with Crippen LogP contribution >= 0.6 is 0 Å². The Kier molecular flexibility index (Phi) is 8.11. The van der Waals surface area contributed by atoms with Crippen LogP contribution in [0.15, 0.2) is 60.7 Å². The molecule has 1 fully saturated rings. The maximum absolute atomic E-state index is 14.2. The molecule has 37 heavy (non-hydrogen) atoms. The molecule has 2 amide bonds. The first kappa shape index (κ1) is 26.2. The lowest BCUT2D eigenvalue weighted by molar-refractivity contribution is 0.0697. The number of nitrogens with one attached hydrogen (secondary N) is 2. The van der Waals surface area contributed by atoms with Crippen LogP contribution in [0.1, 0.15) is 55.5 Å². The van der Waals surface area contributed by atoms with Crippen molar-refractivity contribution < 1.29 is 19.1 Å². The molecule has 0 atom stereocenters. The molecule has 7 heteroatoms. The zero-order valence-electron chi connectivity index (χ0n) is 21.6. The summed E-state index contributed by atoms with van der Waals surface area (Å²) in [5.74, 6) is -1.27. The van der Waals surface area contributed by atoms with E-state index >= 15 is 0 Å². The third kappa shape index (κ3) is 6.47. The average molecular weight is 504 g/mol. The van der Waals surface area contributed by atoms with Gasteiger partial charge in [-0.05, 0) is 79.3 Å². The Morgan fingerprint density at radius 3 is 2.35 bits per heavy atom. The molecule has 3 N–H and O–H groups in total. The highest BCUT2D eigenvalue weighted by molar-refractivity contribution is 6.03. The van der Waals surface area contributed by atoms with E-state index in [0.29, 0.717) is 28.9 Å². The van der Waals surface area contributed by atoms with Gasteiger partial charge < -0.3 is 20.6 Å². The van der Waals surface area contributed by atoms with Gasteiger partial charge in [0.25, 0.3) is 0 Å². The zero-order chi connectivity index (χ0) is 26.5. The van der Waals surface area contributed by atoms with Gasteiger partial charge in [-0.25, -0.2) is 14.0 Å². The average Bonchev–Trinajstić information content (AvgIpc) is 3.38. The predicted octanol–water partition coefficient (Wildman–Crippen LogP) is 7.55. The molecule has 4 rings (SSSR count). The molecule has 3 aromatic rings. The third-order valence-electron chi connectivity index (χ3n) is 6.71. The van der Waals surface area contributed by atoms with Gasteiger partial charge in [0, 0.05) is 18.3 Å². The molecule has 0 radical (unpaired) electrons. The van der Waals surface area contributed by atoms with E-state index in [1.807, 2.05) is 43.3 Å². The van der Waals surface area contributed by atoms with Crippen LogP contribution in [0.5, 0.6) is 0 Å². The number of hydrogen-bond acceptors (Lipinski definition) is 3. The number of benzene rings is 3. The van der Waals surface area contributed by atoms with Gasteiger partial charge in [0.15, 0.2) is 0 Å². The number of aryl methyl sites for hydroxylation is 1. The summed E-state index contributed by atoms with van der Waals surface area (Å²) in [7, 11) is 0. The summed E-state index contributed by atoms with van der Waals surface area (Å²) >= 11 is 0. The maximum Gasteiger partial charge on any atom is 0.336 e. The number of rotatable bonds is 8. The molecule has 194 valence electrons. The number of anilines is 3. The topological polar surface area (TPSA) is 81.7 Å². The van der Waals surface area contributed by atoms with E-state index in [0.717, 1.165) is 36.7 Å². The first-order valence-corrected chi connectivity index (χ1v) is 12.8. The van der Waals surface area contributed by atoms with Gasteiger partial charge >= 0.3 is 12.0 Å². The van der Waals surface area contributed by atoms with Crippen molar-refractivity contribution in [3.8, 4) is 11.1 Å². The summed E-state index contributed by atoms with van der Waals surface area (Å²) in [4.78, 5) is 27.3. The Bertz CT molecular complexity index is 1270.